The first-order chi connectivity index (χ1) is 15.7. The van der Waals surface area contributed by atoms with Crippen LogP contribution in [0.25, 0.3) is 0 Å². The van der Waals surface area contributed by atoms with Crippen LogP contribution in [-0.2, 0) is 20.4 Å². The topological polar surface area (TPSA) is 95.1 Å². The molecule has 0 saturated carbocycles. The summed E-state index contributed by atoms with van der Waals surface area (Å²) >= 11 is 0. The van der Waals surface area contributed by atoms with Gasteiger partial charge in [-0.15, -0.1) is 0 Å². The van der Waals surface area contributed by atoms with Crippen molar-refractivity contribution in [3.63, 3.8) is 0 Å². The Balaban J connectivity index is 1.30. The molecule has 0 bridgehead atoms. The maximum Gasteiger partial charge on any atom is 0.416 e. The molecule has 2 aromatic carbocycles. The highest BCUT2D eigenvalue weighted by Crippen LogP contribution is 2.31. The minimum absolute atomic E-state index is 0.0797. The van der Waals surface area contributed by atoms with Gasteiger partial charge in [-0.05, 0) is 48.5 Å². The number of fused-ring (bicyclic) bond motifs is 1. The van der Waals surface area contributed by atoms with Crippen molar-refractivity contribution >= 4 is 17.7 Å². The zero-order chi connectivity index (χ0) is 23.6. The van der Waals surface area contributed by atoms with Crippen molar-refractivity contribution in [2.45, 2.75) is 30.5 Å². The van der Waals surface area contributed by atoms with Crippen LogP contribution in [0.3, 0.4) is 0 Å². The number of carbonyl (C=O) groups excluding carboxylic acids is 2. The van der Waals surface area contributed by atoms with Gasteiger partial charge in [-0.3, -0.25) is 10.1 Å². The minimum atomic E-state index is -4.48. The Bertz CT molecular complexity index is 997. The molecule has 0 aliphatic carbocycles. The molecule has 0 spiro atoms. The fraction of sp³-hybridized carbons (Fsp3) is 0.364. The van der Waals surface area contributed by atoms with E-state index in [1.165, 1.54) is 7.11 Å². The number of hydrogen-bond acceptors (Lipinski definition) is 6. The van der Waals surface area contributed by atoms with Crippen LogP contribution in [0.5, 0.6) is 5.75 Å². The quantitative estimate of drug-likeness (QED) is 0.703. The summed E-state index contributed by atoms with van der Waals surface area (Å²) in [4.78, 5) is 24.7. The van der Waals surface area contributed by atoms with Gasteiger partial charge in [0.25, 0.3) is 5.91 Å². The molecule has 2 N–H and O–H groups in total. The van der Waals surface area contributed by atoms with Gasteiger partial charge in [0, 0.05) is 11.3 Å². The first-order valence-electron chi connectivity index (χ1n) is 10.1. The van der Waals surface area contributed by atoms with Gasteiger partial charge in [-0.2, -0.15) is 13.2 Å². The van der Waals surface area contributed by atoms with Crippen LogP contribution in [0.1, 0.15) is 15.9 Å². The van der Waals surface area contributed by atoms with Gasteiger partial charge in [0.2, 0.25) is 0 Å². The van der Waals surface area contributed by atoms with Gasteiger partial charge in [0.15, 0.2) is 6.10 Å². The molecule has 33 heavy (non-hydrogen) atoms. The van der Waals surface area contributed by atoms with E-state index in [1.54, 1.807) is 24.3 Å². The molecule has 2 aliphatic rings. The van der Waals surface area contributed by atoms with Gasteiger partial charge < -0.3 is 24.3 Å². The fourth-order valence-electron chi connectivity index (χ4n) is 3.71. The lowest BCUT2D eigenvalue weighted by Gasteiger charge is -2.18. The van der Waals surface area contributed by atoms with Crippen molar-refractivity contribution < 1.29 is 41.7 Å². The maximum atomic E-state index is 12.7. The molecule has 2 amide bonds. The zero-order valence-electron chi connectivity index (χ0n) is 17.4. The molecule has 176 valence electrons. The summed E-state index contributed by atoms with van der Waals surface area (Å²) in [6.07, 6.45) is -6.98. The Morgan fingerprint density at radius 2 is 1.64 bits per heavy atom. The first kappa shape index (κ1) is 22.9. The molecule has 4 atom stereocenters. The molecular formula is C22H21F3N2O6. The van der Waals surface area contributed by atoms with Crippen LogP contribution in [0.2, 0.25) is 0 Å². The molecule has 8 nitrogen and oxygen atoms in total. The van der Waals surface area contributed by atoms with E-state index in [0.29, 0.717) is 11.4 Å². The molecule has 2 heterocycles. The summed E-state index contributed by atoms with van der Waals surface area (Å²) in [5.74, 6) is 0.0906. The first-order valence-corrected chi connectivity index (χ1v) is 10.1. The van der Waals surface area contributed by atoms with Gasteiger partial charge in [0.05, 0.1) is 31.9 Å². The second kappa shape index (κ2) is 9.28. The molecule has 2 aliphatic heterocycles. The van der Waals surface area contributed by atoms with Crippen LogP contribution in [0.4, 0.5) is 23.7 Å². The third-order valence-corrected chi connectivity index (χ3v) is 5.39. The number of alkyl halides is 3. The van der Waals surface area contributed by atoms with Gasteiger partial charge >= 0.3 is 12.3 Å². The molecule has 0 aromatic heterocycles. The molecule has 11 heteroatoms. The highest BCUT2D eigenvalue weighted by molar-refractivity contribution is 5.94. The number of amides is 2. The molecule has 2 saturated heterocycles. The largest absolute Gasteiger partial charge is 0.497 e. The maximum absolute atomic E-state index is 12.7. The highest BCUT2D eigenvalue weighted by Gasteiger charge is 2.50. The summed E-state index contributed by atoms with van der Waals surface area (Å²) in [6, 6.07) is 10.1. The number of hydrogen-bond donors (Lipinski definition) is 2. The smallest absolute Gasteiger partial charge is 0.416 e. The lowest BCUT2D eigenvalue weighted by molar-refractivity contribution is -0.137. The van der Waals surface area contributed by atoms with Crippen molar-refractivity contribution in [2.75, 3.05) is 25.6 Å². The molecule has 0 unspecified atom stereocenters. The van der Waals surface area contributed by atoms with E-state index >= 15 is 0 Å². The molecule has 2 aromatic rings. The lowest BCUT2D eigenvalue weighted by Crippen LogP contribution is -2.44. The lowest BCUT2D eigenvalue weighted by atomic mass is 10.1. The van der Waals surface area contributed by atoms with Gasteiger partial charge in [0.1, 0.15) is 18.0 Å². The Kier molecular flexibility index (Phi) is 6.43. The van der Waals surface area contributed by atoms with Crippen molar-refractivity contribution in [1.29, 1.82) is 0 Å². The van der Waals surface area contributed by atoms with E-state index in [1.807, 2.05) is 0 Å². The van der Waals surface area contributed by atoms with Crippen LogP contribution in [0, 0.1) is 0 Å². The van der Waals surface area contributed by atoms with Gasteiger partial charge in [-0.1, -0.05) is 0 Å². The standard InChI is InChI=1S/C22H21F3N2O6/c1-30-15-8-6-14(7-9-15)26-21(29)33-17-11-32-18-16(10-31-19(17)18)27-20(28)12-2-4-13(5-3-12)22(23,24)25/h2-9,16-19H,10-11H2,1H3,(H,26,29)(H,27,28)/t16-,17+,18+,19+/m0/s1. The second-order valence-corrected chi connectivity index (χ2v) is 7.55. The number of methoxy groups -OCH3 is 1. The number of nitrogens with one attached hydrogen (secondary N) is 2. The Labute approximate surface area is 186 Å². The Morgan fingerprint density at radius 3 is 2.27 bits per heavy atom. The van der Waals surface area contributed by atoms with Gasteiger partial charge in [-0.25, -0.2) is 4.79 Å². The van der Waals surface area contributed by atoms with Crippen LogP contribution in [-0.4, -0.2) is 56.7 Å². The molecular weight excluding hydrogens is 445 g/mol. The number of anilines is 1. The molecule has 4 rings (SSSR count). The average molecular weight is 466 g/mol. The number of halogens is 3. The normalized spacial score (nSPS) is 24.1. The summed E-state index contributed by atoms with van der Waals surface area (Å²) in [5.41, 5.74) is -0.239. The average Bonchev–Trinajstić information content (AvgIpc) is 3.37. The SMILES string of the molecule is COc1ccc(NC(=O)O[C@@H]2CO[C@H]3[C@@H]2OC[C@@H]3NC(=O)c2ccc(C(F)(F)F)cc2)cc1. The monoisotopic (exact) mass is 466 g/mol. The summed E-state index contributed by atoms with van der Waals surface area (Å²) < 4.78 is 59.9. The van der Waals surface area contributed by atoms with Crippen LogP contribution >= 0.6 is 0 Å². The molecule has 0 radical (unpaired) electrons. The summed E-state index contributed by atoms with van der Waals surface area (Å²) in [7, 11) is 1.54. The Morgan fingerprint density at radius 1 is 0.970 bits per heavy atom. The van der Waals surface area contributed by atoms with E-state index in [-0.39, 0.29) is 18.8 Å². The van der Waals surface area contributed by atoms with Crippen molar-refractivity contribution in [3.05, 3.63) is 59.7 Å². The number of ether oxygens (including phenoxy) is 4. The third-order valence-electron chi connectivity index (χ3n) is 5.39. The van der Waals surface area contributed by atoms with E-state index in [4.69, 9.17) is 18.9 Å². The zero-order valence-corrected chi connectivity index (χ0v) is 17.4. The molecule has 2 fully saturated rings. The van der Waals surface area contributed by atoms with Crippen LogP contribution < -0.4 is 15.4 Å². The summed E-state index contributed by atoms with van der Waals surface area (Å²) in [5, 5.41) is 5.31. The van der Waals surface area contributed by atoms with Crippen molar-refractivity contribution in [3.8, 4) is 5.75 Å². The number of carbonyl (C=O) groups is 2. The van der Waals surface area contributed by atoms with Crippen molar-refractivity contribution in [1.82, 2.24) is 5.32 Å². The highest BCUT2D eigenvalue weighted by atomic mass is 19.4. The predicted octanol–water partition coefficient (Wildman–Crippen LogP) is 3.23. The summed E-state index contributed by atoms with van der Waals surface area (Å²) in [6.45, 7) is 0.194. The number of benzene rings is 2. The Hall–Kier alpha value is -3.31. The van der Waals surface area contributed by atoms with E-state index < -0.39 is 48.1 Å². The van der Waals surface area contributed by atoms with E-state index in [9.17, 15) is 22.8 Å². The minimum Gasteiger partial charge on any atom is -0.497 e. The predicted molar refractivity (Wildman–Crippen MR) is 109 cm³/mol. The van der Waals surface area contributed by atoms with Crippen LogP contribution in [0.15, 0.2) is 48.5 Å². The second-order valence-electron chi connectivity index (χ2n) is 7.55. The van der Waals surface area contributed by atoms with E-state index in [2.05, 4.69) is 10.6 Å². The van der Waals surface area contributed by atoms with Crippen molar-refractivity contribution in [2.24, 2.45) is 0 Å². The number of rotatable bonds is 5. The fourth-order valence-corrected chi connectivity index (χ4v) is 3.71. The van der Waals surface area contributed by atoms with E-state index in [0.717, 1.165) is 24.3 Å². The third kappa shape index (κ3) is 5.20.